The van der Waals surface area contributed by atoms with E-state index in [1.54, 1.807) is 7.11 Å². The second kappa shape index (κ2) is 8.26. The number of ether oxygens (including phenoxy) is 1. The lowest BCUT2D eigenvalue weighted by molar-refractivity contribution is -0.113. The summed E-state index contributed by atoms with van der Waals surface area (Å²) in [6.07, 6.45) is 0. The van der Waals surface area contributed by atoms with Crippen molar-refractivity contribution in [1.29, 1.82) is 0 Å². The number of amides is 1. The summed E-state index contributed by atoms with van der Waals surface area (Å²) in [7, 11) is 3.51. The molecule has 0 bridgehead atoms. The van der Waals surface area contributed by atoms with Crippen molar-refractivity contribution in [2.75, 3.05) is 18.2 Å². The molecule has 0 radical (unpaired) electrons. The number of aryl methyl sites for hydroxylation is 2. The first-order valence-electron chi connectivity index (χ1n) is 8.52. The molecule has 3 rings (SSSR count). The van der Waals surface area contributed by atoms with Gasteiger partial charge in [-0.25, -0.2) is 0 Å². The molecule has 6 nitrogen and oxygen atoms in total. The molecule has 0 saturated carbocycles. The van der Waals surface area contributed by atoms with Crippen LogP contribution in [0.1, 0.15) is 11.1 Å². The van der Waals surface area contributed by atoms with E-state index in [4.69, 9.17) is 4.74 Å². The molecule has 0 aliphatic heterocycles. The van der Waals surface area contributed by atoms with Gasteiger partial charge >= 0.3 is 0 Å². The number of benzene rings is 2. The van der Waals surface area contributed by atoms with Crippen molar-refractivity contribution < 1.29 is 9.53 Å². The van der Waals surface area contributed by atoms with Crippen LogP contribution in [0.25, 0.3) is 11.4 Å². The molecule has 1 N–H and O–H groups in total. The maximum Gasteiger partial charge on any atom is 0.234 e. The van der Waals surface area contributed by atoms with E-state index in [1.807, 2.05) is 67.9 Å². The summed E-state index contributed by atoms with van der Waals surface area (Å²) in [5.41, 5.74) is 4.01. The van der Waals surface area contributed by atoms with Crippen molar-refractivity contribution in [2.45, 2.75) is 19.0 Å². The predicted octanol–water partition coefficient (Wildman–Crippen LogP) is 3.84. The Hall–Kier alpha value is -2.80. The third-order valence-corrected chi connectivity index (χ3v) is 5.33. The lowest BCUT2D eigenvalue weighted by Gasteiger charge is -2.09. The quantitative estimate of drug-likeness (QED) is 0.656. The molecule has 0 aliphatic carbocycles. The largest absolute Gasteiger partial charge is 0.496 e. The predicted molar refractivity (Wildman–Crippen MR) is 108 cm³/mol. The van der Waals surface area contributed by atoms with Crippen molar-refractivity contribution in [2.24, 2.45) is 7.05 Å². The highest BCUT2D eigenvalue weighted by Gasteiger charge is 2.16. The molecule has 0 atom stereocenters. The van der Waals surface area contributed by atoms with Gasteiger partial charge in [0, 0.05) is 12.7 Å². The van der Waals surface area contributed by atoms with Crippen molar-refractivity contribution >= 4 is 23.4 Å². The minimum atomic E-state index is -0.0786. The topological polar surface area (TPSA) is 69.0 Å². The molecule has 7 heteroatoms. The molecule has 0 saturated heterocycles. The fourth-order valence-electron chi connectivity index (χ4n) is 2.65. The number of para-hydroxylation sites is 1. The number of thioether (sulfide) groups is 1. The van der Waals surface area contributed by atoms with Crippen LogP contribution < -0.4 is 10.1 Å². The van der Waals surface area contributed by atoms with Crippen LogP contribution >= 0.6 is 11.8 Å². The lowest BCUT2D eigenvalue weighted by atomic mass is 10.1. The molecule has 0 fully saturated rings. The van der Waals surface area contributed by atoms with Crippen molar-refractivity contribution in [1.82, 2.24) is 14.8 Å². The molecule has 3 aromatic rings. The first kappa shape index (κ1) is 19.0. The molecule has 27 heavy (non-hydrogen) atoms. The zero-order valence-electron chi connectivity index (χ0n) is 15.8. The van der Waals surface area contributed by atoms with Gasteiger partial charge in [0.05, 0.1) is 18.4 Å². The number of carbonyl (C=O) groups excluding carboxylic acids is 1. The second-order valence-electron chi connectivity index (χ2n) is 6.20. The van der Waals surface area contributed by atoms with Crippen LogP contribution in [0.5, 0.6) is 5.75 Å². The van der Waals surface area contributed by atoms with E-state index in [0.717, 1.165) is 22.6 Å². The fraction of sp³-hybridized carbons (Fsp3) is 0.250. The van der Waals surface area contributed by atoms with E-state index in [2.05, 4.69) is 15.5 Å². The van der Waals surface area contributed by atoms with Gasteiger partial charge in [-0.2, -0.15) is 0 Å². The molecule has 2 aromatic carbocycles. The van der Waals surface area contributed by atoms with E-state index in [9.17, 15) is 4.79 Å². The molecule has 1 amide bonds. The van der Waals surface area contributed by atoms with Crippen LogP contribution in [0, 0.1) is 13.8 Å². The Balaban J connectivity index is 1.67. The van der Waals surface area contributed by atoms with Gasteiger partial charge in [-0.3, -0.25) is 4.79 Å². The number of anilines is 1. The smallest absolute Gasteiger partial charge is 0.234 e. The third-order valence-electron chi connectivity index (χ3n) is 4.31. The average molecular weight is 382 g/mol. The average Bonchev–Trinajstić information content (AvgIpc) is 3.03. The number of rotatable bonds is 6. The van der Waals surface area contributed by atoms with Gasteiger partial charge in [-0.05, 0) is 49.2 Å². The highest BCUT2D eigenvalue weighted by atomic mass is 32.2. The maximum atomic E-state index is 12.3. The minimum Gasteiger partial charge on any atom is -0.496 e. The van der Waals surface area contributed by atoms with E-state index in [0.29, 0.717) is 11.0 Å². The molecule has 0 aliphatic rings. The van der Waals surface area contributed by atoms with Crippen molar-refractivity contribution in [3.05, 3.63) is 53.6 Å². The number of carbonyl (C=O) groups is 1. The third kappa shape index (κ3) is 4.31. The SMILES string of the molecule is COc1ccccc1-c1nnc(SCC(=O)Nc2ccc(C)c(C)c2)n1C. The van der Waals surface area contributed by atoms with Crippen molar-refractivity contribution in [3.8, 4) is 17.1 Å². The van der Waals surface area contributed by atoms with Crippen LogP contribution in [-0.4, -0.2) is 33.5 Å². The Morgan fingerprint density at radius 3 is 2.67 bits per heavy atom. The van der Waals surface area contributed by atoms with Gasteiger partial charge in [0.2, 0.25) is 5.91 Å². The summed E-state index contributed by atoms with van der Waals surface area (Å²) in [6, 6.07) is 13.5. The highest BCUT2D eigenvalue weighted by Crippen LogP contribution is 2.30. The standard InChI is InChI=1S/C20H22N4O2S/c1-13-9-10-15(11-14(13)2)21-18(25)12-27-20-23-22-19(24(20)3)16-7-5-6-8-17(16)26-4/h5-11H,12H2,1-4H3,(H,21,25). The highest BCUT2D eigenvalue weighted by molar-refractivity contribution is 7.99. The number of methoxy groups -OCH3 is 1. The van der Waals surface area contributed by atoms with Gasteiger partial charge in [-0.15, -0.1) is 10.2 Å². The number of hydrogen-bond acceptors (Lipinski definition) is 5. The molecule has 1 heterocycles. The molecule has 0 unspecified atom stereocenters. The van der Waals surface area contributed by atoms with Crippen LogP contribution in [0.15, 0.2) is 47.6 Å². The number of hydrogen-bond donors (Lipinski definition) is 1. The maximum absolute atomic E-state index is 12.3. The monoisotopic (exact) mass is 382 g/mol. The van der Waals surface area contributed by atoms with E-state index in [-0.39, 0.29) is 11.7 Å². The van der Waals surface area contributed by atoms with Gasteiger partial charge in [0.15, 0.2) is 11.0 Å². The van der Waals surface area contributed by atoms with E-state index >= 15 is 0 Å². The first-order chi connectivity index (χ1) is 13.0. The Morgan fingerprint density at radius 2 is 1.93 bits per heavy atom. The Labute approximate surface area is 163 Å². The summed E-state index contributed by atoms with van der Waals surface area (Å²) < 4.78 is 7.26. The summed E-state index contributed by atoms with van der Waals surface area (Å²) >= 11 is 1.35. The Morgan fingerprint density at radius 1 is 1.15 bits per heavy atom. The second-order valence-corrected chi connectivity index (χ2v) is 7.14. The Bertz CT molecular complexity index is 968. The zero-order valence-corrected chi connectivity index (χ0v) is 16.6. The summed E-state index contributed by atoms with van der Waals surface area (Å²) in [6.45, 7) is 4.07. The molecular formula is C20H22N4O2S. The molecular weight excluding hydrogens is 360 g/mol. The van der Waals surface area contributed by atoms with Gasteiger partial charge in [-0.1, -0.05) is 30.0 Å². The summed E-state index contributed by atoms with van der Waals surface area (Å²) in [4.78, 5) is 12.3. The lowest BCUT2D eigenvalue weighted by Crippen LogP contribution is -2.14. The molecule has 0 spiro atoms. The van der Waals surface area contributed by atoms with Crippen LogP contribution in [-0.2, 0) is 11.8 Å². The number of aromatic nitrogens is 3. The minimum absolute atomic E-state index is 0.0786. The van der Waals surface area contributed by atoms with E-state index in [1.165, 1.54) is 17.3 Å². The van der Waals surface area contributed by atoms with Crippen LogP contribution in [0.2, 0.25) is 0 Å². The number of nitrogens with zero attached hydrogens (tertiary/aromatic N) is 3. The molecule has 140 valence electrons. The molecule has 1 aromatic heterocycles. The van der Waals surface area contributed by atoms with Gasteiger partial charge < -0.3 is 14.6 Å². The van der Waals surface area contributed by atoms with Crippen molar-refractivity contribution in [3.63, 3.8) is 0 Å². The number of nitrogens with one attached hydrogen (secondary N) is 1. The van der Waals surface area contributed by atoms with Gasteiger partial charge in [0.1, 0.15) is 5.75 Å². The zero-order chi connectivity index (χ0) is 19.4. The summed E-state index contributed by atoms with van der Waals surface area (Å²) in [5.74, 6) is 1.61. The van der Waals surface area contributed by atoms with Crippen LogP contribution in [0.4, 0.5) is 5.69 Å². The van der Waals surface area contributed by atoms with E-state index < -0.39 is 0 Å². The van der Waals surface area contributed by atoms with Gasteiger partial charge in [0.25, 0.3) is 0 Å². The normalized spacial score (nSPS) is 10.7. The van der Waals surface area contributed by atoms with Crippen LogP contribution in [0.3, 0.4) is 0 Å². The fourth-order valence-corrected chi connectivity index (χ4v) is 3.36. The first-order valence-corrected chi connectivity index (χ1v) is 9.51. The summed E-state index contributed by atoms with van der Waals surface area (Å²) in [5, 5.41) is 12.1. The Kier molecular flexibility index (Phi) is 5.81.